The third-order valence-corrected chi connectivity index (χ3v) is 5.67. The predicted molar refractivity (Wildman–Crippen MR) is 94.5 cm³/mol. The molecule has 2 aromatic carbocycles. The van der Waals surface area contributed by atoms with Crippen LogP contribution in [0.5, 0.6) is 0 Å². The van der Waals surface area contributed by atoms with Crippen LogP contribution in [0, 0.1) is 5.82 Å². The fourth-order valence-electron chi connectivity index (χ4n) is 2.77. The van der Waals surface area contributed by atoms with Gasteiger partial charge in [-0.05, 0) is 36.4 Å². The first-order chi connectivity index (χ1) is 12.4. The molecule has 4 rings (SSSR count). The molecule has 0 aliphatic rings. The molecule has 2 heterocycles. The molecule has 9 heteroatoms. The summed E-state index contributed by atoms with van der Waals surface area (Å²) in [5, 5.41) is 8.41. The van der Waals surface area contributed by atoms with E-state index in [1.165, 1.54) is 16.6 Å². The lowest BCUT2D eigenvalue weighted by molar-refractivity contribution is 0.591. The average Bonchev–Trinajstić information content (AvgIpc) is 3.06. The van der Waals surface area contributed by atoms with Gasteiger partial charge in [0.2, 0.25) is 14.9 Å². The van der Waals surface area contributed by atoms with Crippen LogP contribution >= 0.6 is 0 Å². The number of anilines is 1. The van der Waals surface area contributed by atoms with Crippen LogP contribution in [-0.4, -0.2) is 42.3 Å². The molecule has 0 N–H and O–H groups in total. The second kappa shape index (κ2) is 5.73. The van der Waals surface area contributed by atoms with E-state index in [2.05, 4.69) is 15.3 Å². The van der Waals surface area contributed by atoms with Crippen molar-refractivity contribution in [2.45, 2.75) is 9.92 Å². The molecule has 0 aliphatic heterocycles. The number of hydrogen-bond donors (Lipinski definition) is 0. The molecular weight excluding hydrogens is 357 g/mol. The number of para-hydroxylation sites is 1. The Labute approximate surface area is 148 Å². The fraction of sp³-hybridized carbons (Fsp3) is 0.118. The predicted octanol–water partition coefficient (Wildman–Crippen LogP) is 2.32. The summed E-state index contributed by atoms with van der Waals surface area (Å²) in [5.41, 5.74) is 0.811. The number of sulfone groups is 1. The standard InChI is InChI=1S/C17H14FN5O2S/c1-22(2)15-13-5-3-4-6-14(13)23-16(19-15)17(20-21-23)26(24,25)12-9-7-11(18)8-10-12/h3-10H,1-2H3. The third-order valence-electron chi connectivity index (χ3n) is 4.00. The minimum atomic E-state index is -3.99. The quantitative estimate of drug-likeness (QED) is 0.514. The highest BCUT2D eigenvalue weighted by Gasteiger charge is 2.27. The largest absolute Gasteiger partial charge is 0.362 e. The number of rotatable bonds is 3. The summed E-state index contributed by atoms with van der Waals surface area (Å²) in [6.45, 7) is 0. The van der Waals surface area contributed by atoms with Gasteiger partial charge in [0.25, 0.3) is 0 Å². The summed E-state index contributed by atoms with van der Waals surface area (Å²) in [5.74, 6) is 0.0849. The zero-order valence-electron chi connectivity index (χ0n) is 14.0. The van der Waals surface area contributed by atoms with Gasteiger partial charge in [0.1, 0.15) is 11.6 Å². The molecule has 0 bridgehead atoms. The lowest BCUT2D eigenvalue weighted by Crippen LogP contribution is -2.13. The summed E-state index contributed by atoms with van der Waals surface area (Å²) in [4.78, 5) is 6.21. The molecule has 0 atom stereocenters. The van der Waals surface area contributed by atoms with Crippen molar-refractivity contribution in [2.75, 3.05) is 19.0 Å². The Morgan fingerprint density at radius 2 is 1.73 bits per heavy atom. The second-order valence-electron chi connectivity index (χ2n) is 5.93. The number of benzene rings is 2. The summed E-state index contributed by atoms with van der Waals surface area (Å²) < 4.78 is 40.4. The molecule has 4 aromatic rings. The smallest absolute Gasteiger partial charge is 0.229 e. The topological polar surface area (TPSA) is 80.5 Å². The molecule has 0 spiro atoms. The summed E-state index contributed by atoms with van der Waals surface area (Å²) in [7, 11) is -0.347. The number of halogens is 1. The van der Waals surface area contributed by atoms with Gasteiger partial charge in [0.05, 0.1) is 10.4 Å². The monoisotopic (exact) mass is 371 g/mol. The van der Waals surface area contributed by atoms with Gasteiger partial charge in [-0.1, -0.05) is 17.3 Å². The molecule has 0 saturated heterocycles. The number of nitrogens with zero attached hydrogens (tertiary/aromatic N) is 5. The van der Waals surface area contributed by atoms with Gasteiger partial charge in [-0.2, -0.15) is 4.52 Å². The van der Waals surface area contributed by atoms with Crippen LogP contribution in [0.25, 0.3) is 16.6 Å². The highest BCUT2D eigenvalue weighted by atomic mass is 32.2. The Hall–Kier alpha value is -3.07. The Morgan fingerprint density at radius 1 is 1.04 bits per heavy atom. The second-order valence-corrected chi connectivity index (χ2v) is 7.80. The minimum absolute atomic E-state index is 0.0670. The highest BCUT2D eigenvalue weighted by Crippen LogP contribution is 2.28. The number of hydrogen-bond acceptors (Lipinski definition) is 6. The molecule has 0 saturated carbocycles. The SMILES string of the molecule is CN(C)c1nc2c(S(=O)(=O)c3ccc(F)cc3)nnn2c2ccccc12. The van der Waals surface area contributed by atoms with Crippen LogP contribution < -0.4 is 4.90 Å². The van der Waals surface area contributed by atoms with Crippen LogP contribution in [0.15, 0.2) is 58.5 Å². The Morgan fingerprint density at radius 3 is 2.42 bits per heavy atom. The molecule has 26 heavy (non-hydrogen) atoms. The average molecular weight is 371 g/mol. The van der Waals surface area contributed by atoms with E-state index in [1.807, 2.05) is 38.4 Å². The van der Waals surface area contributed by atoms with E-state index < -0.39 is 15.7 Å². The summed E-state index contributed by atoms with van der Waals surface area (Å²) >= 11 is 0. The molecule has 0 amide bonds. The van der Waals surface area contributed by atoms with E-state index in [1.54, 1.807) is 4.90 Å². The first-order valence-electron chi connectivity index (χ1n) is 7.72. The molecular formula is C17H14FN5O2S. The van der Waals surface area contributed by atoms with Gasteiger partial charge in [0.15, 0.2) is 5.65 Å². The van der Waals surface area contributed by atoms with Crippen molar-refractivity contribution in [1.82, 2.24) is 19.8 Å². The first kappa shape index (κ1) is 16.4. The lowest BCUT2D eigenvalue weighted by atomic mass is 10.2. The van der Waals surface area contributed by atoms with Crippen molar-refractivity contribution in [3.05, 3.63) is 54.3 Å². The van der Waals surface area contributed by atoms with Gasteiger partial charge >= 0.3 is 0 Å². The van der Waals surface area contributed by atoms with Gasteiger partial charge in [-0.25, -0.2) is 17.8 Å². The van der Waals surface area contributed by atoms with Gasteiger partial charge in [-0.15, -0.1) is 5.10 Å². The van der Waals surface area contributed by atoms with E-state index in [0.717, 1.165) is 17.5 Å². The summed E-state index contributed by atoms with van der Waals surface area (Å²) in [6, 6.07) is 12.0. The maximum atomic E-state index is 13.1. The fourth-order valence-corrected chi connectivity index (χ4v) is 4.00. The van der Waals surface area contributed by atoms with Gasteiger partial charge in [-0.3, -0.25) is 0 Å². The number of fused-ring (bicyclic) bond motifs is 3. The van der Waals surface area contributed by atoms with Crippen molar-refractivity contribution >= 4 is 32.2 Å². The van der Waals surface area contributed by atoms with E-state index >= 15 is 0 Å². The molecule has 7 nitrogen and oxygen atoms in total. The van der Waals surface area contributed by atoms with Crippen molar-refractivity contribution < 1.29 is 12.8 Å². The zero-order valence-corrected chi connectivity index (χ0v) is 14.8. The normalized spacial score (nSPS) is 12.0. The van der Waals surface area contributed by atoms with Crippen LogP contribution in [0.1, 0.15) is 0 Å². The molecule has 2 aromatic heterocycles. The lowest BCUT2D eigenvalue weighted by Gasteiger charge is -2.14. The third kappa shape index (κ3) is 2.39. The molecule has 132 valence electrons. The first-order valence-corrected chi connectivity index (χ1v) is 9.20. The Balaban J connectivity index is 2.05. The van der Waals surface area contributed by atoms with Crippen LogP contribution in [0.3, 0.4) is 0 Å². The molecule has 0 unspecified atom stereocenters. The van der Waals surface area contributed by atoms with Gasteiger partial charge < -0.3 is 4.90 Å². The maximum absolute atomic E-state index is 13.1. The van der Waals surface area contributed by atoms with E-state index in [-0.39, 0.29) is 15.6 Å². The number of aromatic nitrogens is 4. The highest BCUT2D eigenvalue weighted by molar-refractivity contribution is 7.91. The van der Waals surface area contributed by atoms with E-state index in [9.17, 15) is 12.8 Å². The minimum Gasteiger partial charge on any atom is -0.362 e. The van der Waals surface area contributed by atoms with Crippen molar-refractivity contribution in [2.24, 2.45) is 0 Å². The van der Waals surface area contributed by atoms with E-state index in [0.29, 0.717) is 11.3 Å². The van der Waals surface area contributed by atoms with Crippen LogP contribution in [0.2, 0.25) is 0 Å². The summed E-state index contributed by atoms with van der Waals surface area (Å²) in [6.07, 6.45) is 0. The molecule has 0 aliphatic carbocycles. The maximum Gasteiger partial charge on any atom is 0.229 e. The van der Waals surface area contributed by atoms with Crippen molar-refractivity contribution in [3.8, 4) is 0 Å². The van der Waals surface area contributed by atoms with Crippen LogP contribution in [0.4, 0.5) is 10.2 Å². The Bertz CT molecular complexity index is 1230. The molecule has 0 radical (unpaired) electrons. The van der Waals surface area contributed by atoms with Crippen molar-refractivity contribution in [3.63, 3.8) is 0 Å². The van der Waals surface area contributed by atoms with Gasteiger partial charge in [0, 0.05) is 19.5 Å². The van der Waals surface area contributed by atoms with Crippen LogP contribution in [-0.2, 0) is 9.84 Å². The van der Waals surface area contributed by atoms with E-state index in [4.69, 9.17) is 0 Å². The Kier molecular flexibility index (Phi) is 3.62. The molecule has 0 fully saturated rings. The zero-order chi connectivity index (χ0) is 18.5. The van der Waals surface area contributed by atoms with Crippen molar-refractivity contribution in [1.29, 1.82) is 0 Å².